The van der Waals surface area contributed by atoms with Crippen molar-refractivity contribution >= 4 is 22.2 Å². The van der Waals surface area contributed by atoms with E-state index in [2.05, 4.69) is 4.98 Å². The van der Waals surface area contributed by atoms with Gasteiger partial charge in [0.15, 0.2) is 14.9 Å². The molecule has 0 aliphatic heterocycles. The normalized spacial score (nSPS) is 10.9. The molecule has 1 aromatic rings. The van der Waals surface area contributed by atoms with Gasteiger partial charge in [-0.2, -0.15) is 0 Å². The highest BCUT2D eigenvalue weighted by atomic mass is 35.5. The molecule has 0 radical (unpaired) electrons. The zero-order chi connectivity index (χ0) is 10.8. The van der Waals surface area contributed by atoms with Gasteiger partial charge in [0.2, 0.25) is 0 Å². The Balaban J connectivity index is 0.00000196. The van der Waals surface area contributed by atoms with Crippen LogP contribution < -0.4 is 5.73 Å². The van der Waals surface area contributed by atoms with Gasteiger partial charge in [0.1, 0.15) is 5.82 Å². The second-order valence-corrected chi connectivity index (χ2v) is 4.85. The van der Waals surface area contributed by atoms with Gasteiger partial charge < -0.3 is 5.73 Å². The van der Waals surface area contributed by atoms with E-state index >= 15 is 0 Å². The second kappa shape index (κ2) is 5.39. The van der Waals surface area contributed by atoms with Crippen LogP contribution in [0.3, 0.4) is 0 Å². The van der Waals surface area contributed by atoms with Crippen LogP contribution >= 0.6 is 12.4 Å². The maximum absolute atomic E-state index is 13.0. The fourth-order valence-electron chi connectivity index (χ4n) is 0.983. The number of hydrogen-bond donors (Lipinski definition) is 1. The van der Waals surface area contributed by atoms with E-state index in [9.17, 15) is 12.8 Å². The van der Waals surface area contributed by atoms with Crippen LogP contribution in [-0.2, 0) is 16.3 Å². The standard InChI is InChI=1S/C8H11FN2O2S.ClH/c1-14(12,13)8-3-2-6(9)7(11-8)4-5-10;/h2-3H,4-5,10H2,1H3;1H. The van der Waals surface area contributed by atoms with Crippen LogP contribution in [0.25, 0.3) is 0 Å². The Kier molecular flexibility index (Phi) is 5.13. The van der Waals surface area contributed by atoms with Crippen molar-refractivity contribution in [2.75, 3.05) is 12.8 Å². The molecule has 86 valence electrons. The molecule has 1 heterocycles. The number of nitrogens with two attached hydrogens (primary N) is 1. The van der Waals surface area contributed by atoms with Gasteiger partial charge in [0.05, 0.1) is 5.69 Å². The van der Waals surface area contributed by atoms with Crippen LogP contribution in [0.1, 0.15) is 5.69 Å². The fraction of sp³-hybridized carbons (Fsp3) is 0.375. The molecule has 15 heavy (non-hydrogen) atoms. The highest BCUT2D eigenvalue weighted by molar-refractivity contribution is 7.90. The van der Waals surface area contributed by atoms with Crippen LogP contribution in [0.2, 0.25) is 0 Å². The van der Waals surface area contributed by atoms with Gasteiger partial charge in [-0.3, -0.25) is 0 Å². The van der Waals surface area contributed by atoms with Gasteiger partial charge in [0, 0.05) is 12.7 Å². The summed E-state index contributed by atoms with van der Waals surface area (Å²) in [6.45, 7) is 0.233. The predicted molar refractivity (Wildman–Crippen MR) is 57.3 cm³/mol. The molecule has 0 saturated heterocycles. The third-order valence-corrected chi connectivity index (χ3v) is 2.64. The zero-order valence-electron chi connectivity index (χ0n) is 8.10. The van der Waals surface area contributed by atoms with E-state index in [0.29, 0.717) is 0 Å². The molecule has 0 saturated carbocycles. The predicted octanol–water partition coefficient (Wildman–Crippen LogP) is 0.547. The van der Waals surface area contributed by atoms with E-state index < -0.39 is 15.7 Å². The average Bonchev–Trinajstić information content (AvgIpc) is 2.07. The number of aromatic nitrogens is 1. The molecule has 0 fully saturated rings. The van der Waals surface area contributed by atoms with E-state index in [0.717, 1.165) is 18.4 Å². The third kappa shape index (κ3) is 3.73. The quantitative estimate of drug-likeness (QED) is 0.855. The van der Waals surface area contributed by atoms with Crippen molar-refractivity contribution in [3.8, 4) is 0 Å². The minimum atomic E-state index is -3.38. The molecule has 0 aliphatic carbocycles. The van der Waals surface area contributed by atoms with Gasteiger partial charge in [0.25, 0.3) is 0 Å². The number of rotatable bonds is 3. The summed E-state index contributed by atoms with van der Waals surface area (Å²) in [5, 5.41) is -0.123. The average molecular weight is 255 g/mol. The molecule has 0 unspecified atom stereocenters. The maximum Gasteiger partial charge on any atom is 0.192 e. The molecule has 7 heteroatoms. The van der Waals surface area contributed by atoms with Gasteiger partial charge in [-0.1, -0.05) is 0 Å². The number of pyridine rings is 1. The summed E-state index contributed by atoms with van der Waals surface area (Å²) in [6, 6.07) is 2.24. The lowest BCUT2D eigenvalue weighted by Gasteiger charge is -2.02. The fourth-order valence-corrected chi connectivity index (χ4v) is 1.57. The highest BCUT2D eigenvalue weighted by Crippen LogP contribution is 2.10. The Labute approximate surface area is 94.0 Å². The van der Waals surface area contributed by atoms with Crippen molar-refractivity contribution in [3.63, 3.8) is 0 Å². The Morgan fingerprint density at radius 3 is 2.53 bits per heavy atom. The molecule has 0 aromatic carbocycles. The van der Waals surface area contributed by atoms with Crippen molar-refractivity contribution in [2.24, 2.45) is 5.73 Å². The van der Waals surface area contributed by atoms with Crippen LogP contribution in [0, 0.1) is 5.82 Å². The largest absolute Gasteiger partial charge is 0.330 e. The first-order valence-corrected chi connectivity index (χ1v) is 5.90. The molecular formula is C8H12ClFN2O2S. The monoisotopic (exact) mass is 254 g/mol. The molecule has 1 rings (SSSR count). The van der Waals surface area contributed by atoms with Crippen LogP contribution in [0.4, 0.5) is 4.39 Å². The van der Waals surface area contributed by atoms with Crippen molar-refractivity contribution in [2.45, 2.75) is 11.4 Å². The summed E-state index contributed by atoms with van der Waals surface area (Å²) in [6.07, 6.45) is 1.26. The highest BCUT2D eigenvalue weighted by Gasteiger charge is 2.12. The third-order valence-electron chi connectivity index (χ3n) is 1.65. The van der Waals surface area contributed by atoms with Gasteiger partial charge in [-0.05, 0) is 18.7 Å². The second-order valence-electron chi connectivity index (χ2n) is 2.89. The van der Waals surface area contributed by atoms with Gasteiger partial charge >= 0.3 is 0 Å². The topological polar surface area (TPSA) is 73.0 Å². The van der Waals surface area contributed by atoms with Gasteiger partial charge in [-0.15, -0.1) is 12.4 Å². The smallest absolute Gasteiger partial charge is 0.192 e. The molecular weight excluding hydrogens is 243 g/mol. The molecule has 0 spiro atoms. The van der Waals surface area contributed by atoms with Crippen molar-refractivity contribution in [1.29, 1.82) is 0 Å². The first-order valence-electron chi connectivity index (χ1n) is 4.00. The summed E-state index contributed by atoms with van der Waals surface area (Å²) in [4.78, 5) is 3.69. The molecule has 0 atom stereocenters. The summed E-state index contributed by atoms with van der Waals surface area (Å²) in [7, 11) is -3.38. The first-order chi connectivity index (χ1) is 6.45. The number of sulfone groups is 1. The molecule has 2 N–H and O–H groups in total. The minimum absolute atomic E-state index is 0. The van der Waals surface area contributed by atoms with Crippen molar-refractivity contribution in [3.05, 3.63) is 23.6 Å². The van der Waals surface area contributed by atoms with Gasteiger partial charge in [-0.25, -0.2) is 17.8 Å². The van der Waals surface area contributed by atoms with Crippen molar-refractivity contribution in [1.82, 2.24) is 4.98 Å². The summed E-state index contributed by atoms with van der Waals surface area (Å²) >= 11 is 0. The molecule has 4 nitrogen and oxygen atoms in total. The van der Waals surface area contributed by atoms with Crippen molar-refractivity contribution < 1.29 is 12.8 Å². The SMILES string of the molecule is CS(=O)(=O)c1ccc(F)c(CCN)n1.Cl. The Bertz CT molecular complexity index is 436. The van der Waals surface area contributed by atoms with E-state index in [1.54, 1.807) is 0 Å². The summed E-state index contributed by atoms with van der Waals surface area (Å²) < 4.78 is 35.2. The lowest BCUT2D eigenvalue weighted by Crippen LogP contribution is -2.09. The Hall–Kier alpha value is -0.720. The number of nitrogens with zero attached hydrogens (tertiary/aromatic N) is 1. The molecule has 0 aliphatic rings. The molecule has 1 aromatic heterocycles. The lowest BCUT2D eigenvalue weighted by molar-refractivity contribution is 0.581. The van der Waals surface area contributed by atoms with Crippen LogP contribution in [0.15, 0.2) is 17.2 Å². The molecule has 0 amide bonds. The number of hydrogen-bond acceptors (Lipinski definition) is 4. The minimum Gasteiger partial charge on any atom is -0.330 e. The zero-order valence-corrected chi connectivity index (χ0v) is 9.74. The Morgan fingerprint density at radius 2 is 2.07 bits per heavy atom. The van der Waals surface area contributed by atoms with E-state index in [4.69, 9.17) is 5.73 Å². The molecule has 0 bridgehead atoms. The first kappa shape index (κ1) is 14.3. The summed E-state index contributed by atoms with van der Waals surface area (Å²) in [5.41, 5.74) is 5.33. The number of halogens is 2. The van der Waals surface area contributed by atoms with E-state index in [1.807, 2.05) is 0 Å². The maximum atomic E-state index is 13.0. The van der Waals surface area contributed by atoms with E-state index in [-0.39, 0.29) is 36.1 Å². The Morgan fingerprint density at radius 1 is 1.47 bits per heavy atom. The lowest BCUT2D eigenvalue weighted by atomic mass is 10.2. The van der Waals surface area contributed by atoms with Crippen LogP contribution in [-0.4, -0.2) is 26.2 Å². The summed E-state index contributed by atoms with van der Waals surface area (Å²) in [5.74, 6) is -0.525. The van der Waals surface area contributed by atoms with E-state index in [1.165, 1.54) is 0 Å². The van der Waals surface area contributed by atoms with Crippen LogP contribution in [0.5, 0.6) is 0 Å².